The topological polar surface area (TPSA) is 104 Å². The van der Waals surface area contributed by atoms with E-state index in [-0.39, 0.29) is 21.9 Å². The van der Waals surface area contributed by atoms with E-state index in [1.807, 2.05) is 30.3 Å². The molecule has 0 atom stereocenters. The first-order chi connectivity index (χ1) is 13.3. The van der Waals surface area contributed by atoms with E-state index in [1.165, 1.54) is 18.2 Å². The fraction of sp³-hybridized carbons (Fsp3) is 0.0952. The highest BCUT2D eigenvalue weighted by Gasteiger charge is 2.19. The molecule has 3 N–H and O–H groups in total. The van der Waals surface area contributed by atoms with Gasteiger partial charge in [-0.25, -0.2) is 13.2 Å². The second-order valence-corrected chi connectivity index (χ2v) is 8.08. The van der Waals surface area contributed by atoms with Crippen molar-refractivity contribution >= 4 is 21.7 Å². The first-order valence-corrected chi connectivity index (χ1v) is 9.97. The van der Waals surface area contributed by atoms with Gasteiger partial charge in [-0.15, -0.1) is 0 Å². The molecule has 0 fully saturated rings. The van der Waals surface area contributed by atoms with Crippen molar-refractivity contribution < 1.29 is 23.4 Å². The second kappa shape index (κ2) is 7.74. The van der Waals surface area contributed by atoms with Crippen LogP contribution in [-0.4, -0.2) is 24.6 Å². The van der Waals surface area contributed by atoms with Crippen LogP contribution in [-0.2, 0) is 16.4 Å². The number of aromatic hydroxyl groups is 1. The Morgan fingerprint density at radius 2 is 1.68 bits per heavy atom. The molecule has 0 amide bonds. The Morgan fingerprint density at radius 3 is 2.36 bits per heavy atom. The lowest BCUT2D eigenvalue weighted by atomic mass is 10.0. The van der Waals surface area contributed by atoms with Crippen LogP contribution in [0.1, 0.15) is 27.0 Å². The van der Waals surface area contributed by atoms with Gasteiger partial charge in [-0.05, 0) is 54.3 Å². The molecular formula is C21H19NO5S. The lowest BCUT2D eigenvalue weighted by molar-refractivity contribution is 0.0696. The number of phenolic OH excluding ortho intramolecular Hbond substituents is 1. The summed E-state index contributed by atoms with van der Waals surface area (Å²) in [6, 6.07) is 18.2. The molecule has 6 nitrogen and oxygen atoms in total. The zero-order chi connectivity index (χ0) is 20.3. The molecule has 0 aliphatic rings. The average molecular weight is 397 g/mol. The minimum absolute atomic E-state index is 0.0332. The Balaban J connectivity index is 1.91. The van der Waals surface area contributed by atoms with Crippen LogP contribution in [0.25, 0.3) is 0 Å². The normalized spacial score (nSPS) is 11.2. The molecule has 0 saturated carbocycles. The molecule has 0 unspecified atom stereocenters. The van der Waals surface area contributed by atoms with E-state index in [0.717, 1.165) is 17.2 Å². The summed E-state index contributed by atoms with van der Waals surface area (Å²) in [6.45, 7) is 1.59. The Hall–Kier alpha value is -3.32. The van der Waals surface area contributed by atoms with Crippen molar-refractivity contribution in [2.45, 2.75) is 18.2 Å². The maximum absolute atomic E-state index is 12.7. The van der Waals surface area contributed by atoms with Crippen molar-refractivity contribution in [3.8, 4) is 5.75 Å². The largest absolute Gasteiger partial charge is 0.506 e. The number of phenols is 1. The van der Waals surface area contributed by atoms with Gasteiger partial charge >= 0.3 is 5.97 Å². The van der Waals surface area contributed by atoms with Gasteiger partial charge in [0.25, 0.3) is 10.0 Å². The summed E-state index contributed by atoms with van der Waals surface area (Å²) in [5, 5.41) is 19.3. The zero-order valence-corrected chi connectivity index (χ0v) is 15.9. The van der Waals surface area contributed by atoms with Crippen LogP contribution < -0.4 is 4.72 Å². The highest BCUT2D eigenvalue weighted by Crippen LogP contribution is 2.28. The molecule has 3 rings (SSSR count). The molecule has 0 aliphatic heterocycles. The molecule has 0 saturated heterocycles. The van der Waals surface area contributed by atoms with Gasteiger partial charge in [-0.1, -0.05) is 42.5 Å². The summed E-state index contributed by atoms with van der Waals surface area (Å²) in [4.78, 5) is 11.1. The summed E-state index contributed by atoms with van der Waals surface area (Å²) < 4.78 is 27.7. The highest BCUT2D eigenvalue weighted by atomic mass is 32.2. The van der Waals surface area contributed by atoms with Gasteiger partial charge in [0.1, 0.15) is 5.75 Å². The monoisotopic (exact) mass is 397 g/mol. The average Bonchev–Trinajstić information content (AvgIpc) is 2.65. The molecule has 0 heterocycles. The van der Waals surface area contributed by atoms with Crippen molar-refractivity contribution in [2.75, 3.05) is 4.72 Å². The first kappa shape index (κ1) is 19.4. The van der Waals surface area contributed by atoms with Gasteiger partial charge in [-0.3, -0.25) is 4.72 Å². The second-order valence-electron chi connectivity index (χ2n) is 6.40. The zero-order valence-electron chi connectivity index (χ0n) is 15.1. The number of nitrogens with one attached hydrogen (secondary N) is 1. The summed E-state index contributed by atoms with van der Waals surface area (Å²) in [7, 11) is -4.07. The Labute approximate surface area is 163 Å². The molecule has 0 radical (unpaired) electrons. The minimum atomic E-state index is -4.07. The number of carboxylic acids is 1. The maximum atomic E-state index is 12.7. The van der Waals surface area contributed by atoms with Gasteiger partial charge in [0.2, 0.25) is 0 Å². The fourth-order valence-corrected chi connectivity index (χ4v) is 3.90. The van der Waals surface area contributed by atoms with E-state index < -0.39 is 16.0 Å². The molecule has 0 spiro atoms. The molecular weight excluding hydrogens is 378 g/mol. The number of sulfonamides is 1. The Morgan fingerprint density at radius 1 is 0.964 bits per heavy atom. The number of anilines is 1. The van der Waals surface area contributed by atoms with Crippen LogP contribution >= 0.6 is 0 Å². The Bertz CT molecular complexity index is 1120. The lowest BCUT2D eigenvalue weighted by Gasteiger charge is -2.12. The summed E-state index contributed by atoms with van der Waals surface area (Å²) in [6.07, 6.45) is 0.573. The molecule has 0 bridgehead atoms. The third-order valence-electron chi connectivity index (χ3n) is 4.31. The van der Waals surface area contributed by atoms with Gasteiger partial charge in [0.15, 0.2) is 0 Å². The van der Waals surface area contributed by atoms with Gasteiger partial charge in [0.05, 0.1) is 16.1 Å². The molecule has 3 aromatic rings. The SMILES string of the molecule is Cc1ccc(S(=O)(=O)Nc2cc(Cc3ccccc3)ccc2O)cc1C(=O)O. The van der Waals surface area contributed by atoms with Crippen molar-refractivity contribution in [2.24, 2.45) is 0 Å². The third kappa shape index (κ3) is 4.32. The van der Waals surface area contributed by atoms with E-state index in [1.54, 1.807) is 19.1 Å². The number of hydrogen-bond acceptors (Lipinski definition) is 4. The molecule has 28 heavy (non-hydrogen) atoms. The summed E-state index contributed by atoms with van der Waals surface area (Å²) in [5.41, 5.74) is 2.26. The Kier molecular flexibility index (Phi) is 5.37. The van der Waals surface area contributed by atoms with E-state index in [0.29, 0.717) is 12.0 Å². The lowest BCUT2D eigenvalue weighted by Crippen LogP contribution is -2.14. The minimum Gasteiger partial charge on any atom is -0.506 e. The number of carbonyl (C=O) groups is 1. The van der Waals surface area contributed by atoms with Crippen molar-refractivity contribution in [3.05, 3.63) is 89.0 Å². The molecule has 3 aromatic carbocycles. The van der Waals surface area contributed by atoms with Gasteiger partial charge < -0.3 is 10.2 Å². The van der Waals surface area contributed by atoms with Crippen LogP contribution in [0, 0.1) is 6.92 Å². The number of hydrogen-bond donors (Lipinski definition) is 3. The smallest absolute Gasteiger partial charge is 0.335 e. The number of carboxylic acid groups (broad SMARTS) is 1. The number of aryl methyl sites for hydroxylation is 1. The highest BCUT2D eigenvalue weighted by molar-refractivity contribution is 7.92. The molecule has 0 aliphatic carbocycles. The summed E-state index contributed by atoms with van der Waals surface area (Å²) in [5.74, 6) is -1.42. The van der Waals surface area contributed by atoms with Crippen molar-refractivity contribution in [3.63, 3.8) is 0 Å². The van der Waals surface area contributed by atoms with Gasteiger partial charge in [-0.2, -0.15) is 0 Å². The van der Waals surface area contributed by atoms with Crippen LogP contribution in [0.15, 0.2) is 71.6 Å². The number of rotatable bonds is 6. The first-order valence-electron chi connectivity index (χ1n) is 8.49. The number of aromatic carboxylic acids is 1. The van der Waals surface area contributed by atoms with Crippen LogP contribution in [0.5, 0.6) is 5.75 Å². The van der Waals surface area contributed by atoms with E-state index in [9.17, 15) is 23.4 Å². The molecule has 7 heteroatoms. The van der Waals surface area contributed by atoms with Crippen molar-refractivity contribution in [1.82, 2.24) is 0 Å². The van der Waals surface area contributed by atoms with E-state index in [2.05, 4.69) is 4.72 Å². The van der Waals surface area contributed by atoms with Gasteiger partial charge in [0, 0.05) is 0 Å². The predicted molar refractivity (Wildman–Crippen MR) is 106 cm³/mol. The maximum Gasteiger partial charge on any atom is 0.335 e. The quantitative estimate of drug-likeness (QED) is 0.549. The third-order valence-corrected chi connectivity index (χ3v) is 5.67. The number of benzene rings is 3. The van der Waals surface area contributed by atoms with Crippen LogP contribution in [0.2, 0.25) is 0 Å². The van der Waals surface area contributed by atoms with Crippen LogP contribution in [0.3, 0.4) is 0 Å². The predicted octanol–water partition coefficient (Wildman–Crippen LogP) is 3.79. The standard InChI is InChI=1S/C21H19NO5S/c1-14-7-9-17(13-18(14)21(24)25)28(26,27)22-19-12-16(8-10-20(19)23)11-15-5-3-2-4-6-15/h2-10,12-13,22-23H,11H2,1H3,(H,24,25). The van der Waals surface area contributed by atoms with Crippen LogP contribution in [0.4, 0.5) is 5.69 Å². The summed E-state index contributed by atoms with van der Waals surface area (Å²) >= 11 is 0. The fourth-order valence-electron chi connectivity index (χ4n) is 2.81. The van der Waals surface area contributed by atoms with E-state index >= 15 is 0 Å². The van der Waals surface area contributed by atoms with E-state index in [4.69, 9.17) is 0 Å². The molecule has 144 valence electrons. The molecule has 0 aromatic heterocycles. The van der Waals surface area contributed by atoms with Crippen molar-refractivity contribution in [1.29, 1.82) is 0 Å².